The Morgan fingerprint density at radius 2 is 0.557 bits per heavy atom. The van der Waals surface area contributed by atoms with Crippen molar-refractivity contribution in [1.82, 2.24) is 5.32 Å². The van der Waals surface area contributed by atoms with Crippen molar-refractivity contribution in [3.8, 4) is 0 Å². The van der Waals surface area contributed by atoms with Crippen molar-refractivity contribution in [2.24, 2.45) is 0 Å². The van der Waals surface area contributed by atoms with Gasteiger partial charge in [0.25, 0.3) is 0 Å². The third-order valence-corrected chi connectivity index (χ3v) is 15.9. The van der Waals surface area contributed by atoms with Crippen molar-refractivity contribution in [1.29, 1.82) is 0 Å². The van der Waals surface area contributed by atoms with E-state index in [1.807, 2.05) is 0 Å². The summed E-state index contributed by atoms with van der Waals surface area (Å²) >= 11 is 0. The summed E-state index contributed by atoms with van der Waals surface area (Å²) in [6, 6.07) is -0.542. The first-order chi connectivity index (χ1) is 39.2. The Morgan fingerprint density at radius 3 is 0.835 bits per heavy atom. The minimum Gasteiger partial charge on any atom is -0.394 e. The minimum atomic E-state index is -0.665. The van der Waals surface area contributed by atoms with E-state index in [4.69, 9.17) is 0 Å². The first-order valence-corrected chi connectivity index (χ1v) is 34.9. The van der Waals surface area contributed by atoms with Crippen LogP contribution < -0.4 is 5.32 Å². The highest BCUT2D eigenvalue weighted by Crippen LogP contribution is 2.18. The van der Waals surface area contributed by atoms with Crippen molar-refractivity contribution in [2.75, 3.05) is 6.61 Å². The summed E-state index contributed by atoms with van der Waals surface area (Å²) in [4.78, 5) is 12.6. The topological polar surface area (TPSA) is 69.6 Å². The molecule has 0 saturated heterocycles. The number of rotatable bonds is 64. The van der Waals surface area contributed by atoms with Gasteiger partial charge in [-0.15, -0.1) is 0 Å². The first kappa shape index (κ1) is 76.3. The Labute approximate surface area is 494 Å². The Balaban J connectivity index is 3.46. The number of carbonyl (C=O) groups is 1. The molecule has 0 saturated carbocycles. The van der Waals surface area contributed by atoms with Gasteiger partial charge in [0.2, 0.25) is 5.91 Å². The molecule has 0 aromatic heterocycles. The van der Waals surface area contributed by atoms with E-state index in [9.17, 15) is 15.0 Å². The van der Waals surface area contributed by atoms with Crippen LogP contribution in [0, 0.1) is 0 Å². The molecule has 4 nitrogen and oxygen atoms in total. The fraction of sp³-hybridized carbons (Fsp3) is 0.773. The molecule has 3 N–H and O–H groups in total. The van der Waals surface area contributed by atoms with Gasteiger partial charge in [0.1, 0.15) is 0 Å². The highest BCUT2D eigenvalue weighted by atomic mass is 16.3. The molecule has 458 valence electrons. The van der Waals surface area contributed by atoms with Gasteiger partial charge in [0, 0.05) is 6.42 Å². The van der Waals surface area contributed by atoms with Crippen molar-refractivity contribution in [3.63, 3.8) is 0 Å². The van der Waals surface area contributed by atoms with E-state index in [0.29, 0.717) is 12.8 Å². The van der Waals surface area contributed by atoms with Gasteiger partial charge in [-0.2, -0.15) is 0 Å². The SMILES string of the molecule is CC/C=C\C/C=C\C/C=C\C/C=C\C/C=C\C/C=C\C/C=C\C/C=C\CCCCCCCCCCCCCCCCCCC(=O)NC(CO)C(O)CCCCCCCCCCCCCCCCCCCCCCCCCCCC. The largest absolute Gasteiger partial charge is 0.394 e. The molecule has 0 aromatic rings. The van der Waals surface area contributed by atoms with Gasteiger partial charge >= 0.3 is 0 Å². The van der Waals surface area contributed by atoms with Crippen molar-refractivity contribution in [2.45, 2.75) is 366 Å². The van der Waals surface area contributed by atoms with Crippen LogP contribution in [-0.4, -0.2) is 34.9 Å². The summed E-state index contributed by atoms with van der Waals surface area (Å²) in [6.07, 6.45) is 103. The van der Waals surface area contributed by atoms with Crippen LogP contribution in [0.2, 0.25) is 0 Å². The van der Waals surface area contributed by atoms with Crippen LogP contribution in [0.5, 0.6) is 0 Å². The quantitative estimate of drug-likeness (QED) is 0.0420. The van der Waals surface area contributed by atoms with Gasteiger partial charge in [-0.1, -0.05) is 368 Å². The van der Waals surface area contributed by atoms with Gasteiger partial charge in [0.05, 0.1) is 18.8 Å². The molecule has 0 aliphatic rings. The molecule has 0 radical (unpaired) electrons. The van der Waals surface area contributed by atoms with Crippen LogP contribution in [0.1, 0.15) is 354 Å². The molecule has 2 atom stereocenters. The zero-order valence-corrected chi connectivity index (χ0v) is 52.9. The van der Waals surface area contributed by atoms with Gasteiger partial charge in [-0.05, 0) is 77.0 Å². The molecule has 0 bridgehead atoms. The molecule has 4 heteroatoms. The molecular weight excluding hydrogens is 963 g/mol. The summed E-state index contributed by atoms with van der Waals surface area (Å²) in [5.74, 6) is -0.0284. The average molecular weight is 1100 g/mol. The smallest absolute Gasteiger partial charge is 0.220 e. The Hall–Kier alpha value is -2.69. The number of amides is 1. The molecule has 79 heavy (non-hydrogen) atoms. The second kappa shape index (κ2) is 69.6. The maximum atomic E-state index is 12.6. The third-order valence-electron chi connectivity index (χ3n) is 15.9. The van der Waals surface area contributed by atoms with Crippen molar-refractivity contribution >= 4 is 5.91 Å². The Bertz CT molecular complexity index is 1430. The monoisotopic (exact) mass is 1100 g/mol. The predicted octanol–water partition coefficient (Wildman–Crippen LogP) is 24.0. The lowest BCUT2D eigenvalue weighted by atomic mass is 10.0. The molecule has 1 amide bonds. The molecular formula is C75H135NO3. The van der Waals surface area contributed by atoms with Crippen molar-refractivity contribution < 1.29 is 15.0 Å². The minimum absolute atomic E-state index is 0.0284. The van der Waals surface area contributed by atoms with Gasteiger partial charge in [-0.3, -0.25) is 4.79 Å². The summed E-state index contributed by atoms with van der Waals surface area (Å²) in [7, 11) is 0. The molecule has 0 fully saturated rings. The van der Waals surface area contributed by atoms with E-state index >= 15 is 0 Å². The van der Waals surface area contributed by atoms with E-state index in [0.717, 1.165) is 77.0 Å². The number of allylic oxidation sites excluding steroid dienone is 16. The zero-order chi connectivity index (χ0) is 56.9. The van der Waals surface area contributed by atoms with E-state index in [2.05, 4.69) is 116 Å². The number of nitrogens with one attached hydrogen (secondary N) is 1. The number of aliphatic hydroxyl groups is 2. The lowest BCUT2D eigenvalue weighted by molar-refractivity contribution is -0.123. The Morgan fingerprint density at radius 1 is 0.316 bits per heavy atom. The number of aliphatic hydroxyl groups excluding tert-OH is 2. The van der Waals surface area contributed by atoms with E-state index in [1.165, 1.54) is 250 Å². The van der Waals surface area contributed by atoms with Crippen LogP contribution in [0.25, 0.3) is 0 Å². The summed E-state index contributed by atoms with van der Waals surface area (Å²) in [5.41, 5.74) is 0. The summed E-state index contributed by atoms with van der Waals surface area (Å²) in [6.45, 7) is 4.27. The third kappa shape index (κ3) is 66.0. The number of hydrogen-bond donors (Lipinski definition) is 3. The molecule has 0 spiro atoms. The van der Waals surface area contributed by atoms with E-state index < -0.39 is 12.1 Å². The standard InChI is InChI=1S/C75H135NO3/c1-3-5-7-9-11-13-15-17-19-21-23-25-27-29-31-32-33-34-35-36-37-38-39-40-41-42-43-44-45-47-49-51-53-55-57-59-61-63-65-67-69-71-75(79)76-73(72-77)74(78)70-68-66-64-62-60-58-56-54-52-50-48-46-30-28-26-24-22-20-18-16-14-12-10-8-6-4-2/h5,7,11,13,17,19,23,25,29,31,33-34,36-37,39-40,73-74,77-78H,3-4,6,8-10,12,14-16,18,20-22,24,26-28,30,32,35,38,41-72H2,1-2H3,(H,76,79)/b7-5-,13-11-,19-17-,25-23-,31-29-,34-33-,37-36-,40-39-. The van der Waals surface area contributed by atoms with Crippen LogP contribution in [0.4, 0.5) is 0 Å². The average Bonchev–Trinajstić information content (AvgIpc) is 3.45. The predicted molar refractivity (Wildman–Crippen MR) is 354 cm³/mol. The molecule has 0 heterocycles. The normalized spacial score (nSPS) is 13.3. The number of carbonyl (C=O) groups excluding carboxylic acids is 1. The lowest BCUT2D eigenvalue weighted by Crippen LogP contribution is -2.45. The highest BCUT2D eigenvalue weighted by Gasteiger charge is 2.20. The van der Waals surface area contributed by atoms with Crippen LogP contribution in [-0.2, 0) is 4.79 Å². The van der Waals surface area contributed by atoms with Crippen LogP contribution in [0.3, 0.4) is 0 Å². The molecule has 0 aliphatic heterocycles. The molecule has 2 unspecified atom stereocenters. The maximum Gasteiger partial charge on any atom is 0.220 e. The summed E-state index contributed by atoms with van der Waals surface area (Å²) in [5, 5.41) is 23.5. The van der Waals surface area contributed by atoms with Crippen molar-refractivity contribution in [3.05, 3.63) is 97.2 Å². The Kier molecular flexibility index (Phi) is 67.2. The zero-order valence-electron chi connectivity index (χ0n) is 52.9. The lowest BCUT2D eigenvalue weighted by Gasteiger charge is -2.22. The fourth-order valence-electron chi connectivity index (χ4n) is 10.6. The van der Waals surface area contributed by atoms with Gasteiger partial charge in [-0.25, -0.2) is 0 Å². The second-order valence-corrected chi connectivity index (χ2v) is 23.6. The summed E-state index contributed by atoms with van der Waals surface area (Å²) < 4.78 is 0. The number of hydrogen-bond acceptors (Lipinski definition) is 3. The van der Waals surface area contributed by atoms with Gasteiger partial charge in [0.15, 0.2) is 0 Å². The van der Waals surface area contributed by atoms with Gasteiger partial charge < -0.3 is 15.5 Å². The maximum absolute atomic E-state index is 12.6. The molecule has 0 rings (SSSR count). The molecule has 0 aliphatic carbocycles. The second-order valence-electron chi connectivity index (χ2n) is 23.6. The van der Waals surface area contributed by atoms with Crippen LogP contribution in [0.15, 0.2) is 97.2 Å². The van der Waals surface area contributed by atoms with E-state index in [1.54, 1.807) is 0 Å². The number of unbranched alkanes of at least 4 members (excludes halogenated alkanes) is 41. The van der Waals surface area contributed by atoms with E-state index in [-0.39, 0.29) is 12.5 Å². The first-order valence-electron chi connectivity index (χ1n) is 34.9. The molecule has 0 aromatic carbocycles. The fourth-order valence-corrected chi connectivity index (χ4v) is 10.6. The highest BCUT2D eigenvalue weighted by molar-refractivity contribution is 5.76. The van der Waals surface area contributed by atoms with Crippen LogP contribution >= 0.6 is 0 Å².